The molecule has 1 aliphatic heterocycles. The third-order valence-electron chi connectivity index (χ3n) is 1.97. The van der Waals surface area contributed by atoms with Gasteiger partial charge in [-0.05, 0) is 12.1 Å². The molecule has 0 spiro atoms. The van der Waals surface area contributed by atoms with Gasteiger partial charge < -0.3 is 0 Å². The van der Waals surface area contributed by atoms with Gasteiger partial charge in [-0.25, -0.2) is 4.98 Å². The Morgan fingerprint density at radius 2 is 2.21 bits per heavy atom. The van der Waals surface area contributed by atoms with Crippen LogP contribution in [0.25, 0.3) is 0 Å². The Balaban J connectivity index is 2.31. The molecule has 72 valence electrons. The summed E-state index contributed by atoms with van der Waals surface area (Å²) in [6, 6.07) is 3.19. The number of ketones is 1. The number of hydrogen-bond acceptors (Lipinski definition) is 3. The lowest BCUT2D eigenvalue weighted by Gasteiger charge is -2.12. The SMILES string of the molecule is O=C1CC(=O)N(c2cc(Cl)ccn2)C1. The molecule has 1 aromatic rings. The van der Waals surface area contributed by atoms with Crippen LogP contribution >= 0.6 is 11.6 Å². The summed E-state index contributed by atoms with van der Waals surface area (Å²) in [7, 11) is 0. The summed E-state index contributed by atoms with van der Waals surface area (Å²) in [5, 5.41) is 0.502. The second-order valence-electron chi connectivity index (χ2n) is 3.03. The Labute approximate surface area is 85.5 Å². The van der Waals surface area contributed by atoms with Crippen molar-refractivity contribution in [1.29, 1.82) is 0 Å². The van der Waals surface area contributed by atoms with Crippen molar-refractivity contribution in [3.8, 4) is 0 Å². The molecule has 14 heavy (non-hydrogen) atoms. The van der Waals surface area contributed by atoms with E-state index in [2.05, 4.69) is 4.98 Å². The topological polar surface area (TPSA) is 50.3 Å². The highest BCUT2D eigenvalue weighted by molar-refractivity contribution is 6.31. The summed E-state index contributed by atoms with van der Waals surface area (Å²) < 4.78 is 0. The average molecular weight is 211 g/mol. The number of aromatic nitrogens is 1. The molecule has 1 fully saturated rings. The first-order valence-electron chi connectivity index (χ1n) is 4.10. The molecule has 0 aliphatic carbocycles. The highest BCUT2D eigenvalue weighted by Crippen LogP contribution is 2.20. The van der Waals surface area contributed by atoms with Gasteiger partial charge in [0.15, 0.2) is 5.78 Å². The Hall–Kier alpha value is -1.42. The first-order valence-corrected chi connectivity index (χ1v) is 4.48. The van der Waals surface area contributed by atoms with Gasteiger partial charge in [-0.2, -0.15) is 0 Å². The van der Waals surface area contributed by atoms with E-state index in [0.717, 1.165) is 0 Å². The van der Waals surface area contributed by atoms with E-state index in [1.807, 2.05) is 0 Å². The number of nitrogens with zero attached hydrogens (tertiary/aromatic N) is 2. The summed E-state index contributed by atoms with van der Waals surface area (Å²) in [5.41, 5.74) is 0. The van der Waals surface area contributed by atoms with Crippen LogP contribution in [-0.2, 0) is 9.59 Å². The standard InChI is InChI=1S/C9H7ClN2O2/c10-6-1-2-11-8(3-6)12-5-7(13)4-9(12)14/h1-3H,4-5H2. The molecule has 0 aromatic carbocycles. The first kappa shape index (κ1) is 9.15. The number of carbonyl (C=O) groups excluding carboxylic acids is 2. The maximum Gasteiger partial charge on any atom is 0.236 e. The molecule has 5 heteroatoms. The summed E-state index contributed by atoms with van der Waals surface area (Å²) in [6.07, 6.45) is 1.47. The monoisotopic (exact) mass is 210 g/mol. The number of rotatable bonds is 1. The Morgan fingerprint density at radius 3 is 2.79 bits per heavy atom. The van der Waals surface area contributed by atoms with Crippen molar-refractivity contribution in [2.24, 2.45) is 0 Å². The zero-order valence-electron chi connectivity index (χ0n) is 7.24. The number of halogens is 1. The maximum atomic E-state index is 11.3. The lowest BCUT2D eigenvalue weighted by molar-refractivity contribution is -0.121. The van der Waals surface area contributed by atoms with Crippen LogP contribution in [0.5, 0.6) is 0 Å². The second-order valence-corrected chi connectivity index (χ2v) is 3.46. The van der Waals surface area contributed by atoms with Gasteiger partial charge in [0.25, 0.3) is 0 Å². The van der Waals surface area contributed by atoms with Crippen LogP contribution in [0, 0.1) is 0 Å². The minimum absolute atomic E-state index is 0.0335. The van der Waals surface area contributed by atoms with Crippen molar-refractivity contribution >= 4 is 29.1 Å². The molecule has 0 atom stereocenters. The van der Waals surface area contributed by atoms with E-state index in [9.17, 15) is 9.59 Å². The first-order chi connectivity index (χ1) is 6.66. The minimum Gasteiger partial charge on any atom is -0.297 e. The van der Waals surface area contributed by atoms with Gasteiger partial charge in [0.1, 0.15) is 5.82 Å². The normalized spacial score (nSPS) is 16.5. The van der Waals surface area contributed by atoms with Gasteiger partial charge in [0.2, 0.25) is 5.91 Å². The molecule has 0 radical (unpaired) electrons. The Morgan fingerprint density at radius 1 is 1.43 bits per heavy atom. The zero-order chi connectivity index (χ0) is 10.1. The fraction of sp³-hybridized carbons (Fsp3) is 0.222. The molecular formula is C9H7ClN2O2. The lowest BCUT2D eigenvalue weighted by Crippen LogP contribution is -2.25. The molecular weight excluding hydrogens is 204 g/mol. The van der Waals surface area contributed by atoms with Crippen molar-refractivity contribution in [2.75, 3.05) is 11.4 Å². The van der Waals surface area contributed by atoms with Gasteiger partial charge in [0, 0.05) is 11.2 Å². The Bertz CT molecular complexity index is 406. The quantitative estimate of drug-likeness (QED) is 0.651. The molecule has 0 saturated carbocycles. The fourth-order valence-corrected chi connectivity index (χ4v) is 1.49. The second kappa shape index (κ2) is 3.38. The van der Waals surface area contributed by atoms with Gasteiger partial charge >= 0.3 is 0 Å². The minimum atomic E-state index is -0.218. The highest BCUT2D eigenvalue weighted by atomic mass is 35.5. The third-order valence-corrected chi connectivity index (χ3v) is 2.20. The van der Waals surface area contributed by atoms with E-state index in [1.165, 1.54) is 11.1 Å². The lowest BCUT2D eigenvalue weighted by atomic mass is 10.3. The summed E-state index contributed by atoms with van der Waals surface area (Å²) in [6.45, 7) is 0.103. The molecule has 2 heterocycles. The highest BCUT2D eigenvalue weighted by Gasteiger charge is 2.29. The van der Waals surface area contributed by atoms with Crippen LogP contribution in [0.3, 0.4) is 0 Å². The number of carbonyl (C=O) groups is 2. The molecule has 1 saturated heterocycles. The third kappa shape index (κ3) is 1.61. The van der Waals surface area contributed by atoms with E-state index in [0.29, 0.717) is 10.8 Å². The van der Waals surface area contributed by atoms with Gasteiger partial charge in [-0.15, -0.1) is 0 Å². The molecule has 0 N–H and O–H groups in total. The summed E-state index contributed by atoms with van der Waals surface area (Å²) in [5.74, 6) is 0.134. The largest absolute Gasteiger partial charge is 0.297 e. The van der Waals surface area contributed by atoms with Crippen molar-refractivity contribution in [2.45, 2.75) is 6.42 Å². The smallest absolute Gasteiger partial charge is 0.236 e. The van der Waals surface area contributed by atoms with E-state index in [1.54, 1.807) is 12.1 Å². The van der Waals surface area contributed by atoms with Crippen LogP contribution in [-0.4, -0.2) is 23.2 Å². The fourth-order valence-electron chi connectivity index (χ4n) is 1.33. The van der Waals surface area contributed by atoms with E-state index in [-0.39, 0.29) is 24.7 Å². The molecule has 0 unspecified atom stereocenters. The Kier molecular flexibility index (Phi) is 2.21. The molecule has 1 amide bonds. The van der Waals surface area contributed by atoms with Crippen LogP contribution < -0.4 is 4.90 Å². The van der Waals surface area contributed by atoms with Crippen LogP contribution in [0.1, 0.15) is 6.42 Å². The zero-order valence-corrected chi connectivity index (χ0v) is 7.99. The van der Waals surface area contributed by atoms with Crippen molar-refractivity contribution < 1.29 is 9.59 Å². The van der Waals surface area contributed by atoms with Crippen molar-refractivity contribution in [1.82, 2.24) is 4.98 Å². The van der Waals surface area contributed by atoms with E-state index >= 15 is 0 Å². The predicted molar refractivity (Wildman–Crippen MR) is 51.2 cm³/mol. The van der Waals surface area contributed by atoms with E-state index < -0.39 is 0 Å². The molecule has 2 rings (SSSR count). The number of amides is 1. The molecule has 1 aromatic heterocycles. The van der Waals surface area contributed by atoms with E-state index in [4.69, 9.17) is 11.6 Å². The van der Waals surface area contributed by atoms with Crippen LogP contribution in [0.4, 0.5) is 5.82 Å². The van der Waals surface area contributed by atoms with Crippen molar-refractivity contribution in [3.63, 3.8) is 0 Å². The number of Topliss-reactive ketones (excluding diaryl/α,β-unsaturated/α-hetero) is 1. The molecule has 0 bridgehead atoms. The molecule has 1 aliphatic rings. The van der Waals surface area contributed by atoms with Crippen LogP contribution in [0.15, 0.2) is 18.3 Å². The summed E-state index contributed by atoms with van der Waals surface area (Å²) in [4.78, 5) is 27.6. The van der Waals surface area contributed by atoms with Crippen LogP contribution in [0.2, 0.25) is 5.02 Å². The van der Waals surface area contributed by atoms with Gasteiger partial charge in [-0.3, -0.25) is 14.5 Å². The van der Waals surface area contributed by atoms with Gasteiger partial charge in [0.05, 0.1) is 13.0 Å². The number of anilines is 1. The number of hydrogen-bond donors (Lipinski definition) is 0. The van der Waals surface area contributed by atoms with Gasteiger partial charge in [-0.1, -0.05) is 11.6 Å². The summed E-state index contributed by atoms with van der Waals surface area (Å²) >= 11 is 5.74. The molecule has 4 nitrogen and oxygen atoms in total. The average Bonchev–Trinajstić information content (AvgIpc) is 2.45. The van der Waals surface area contributed by atoms with Crippen molar-refractivity contribution in [3.05, 3.63) is 23.4 Å². The number of pyridine rings is 1. The maximum absolute atomic E-state index is 11.3. The predicted octanol–water partition coefficient (Wildman–Crippen LogP) is 1.04.